The Morgan fingerprint density at radius 2 is 1.89 bits per heavy atom. The Bertz CT molecular complexity index is 380. The molecule has 1 unspecified atom stereocenters. The SMILES string of the molecule is C[Si]1(C)CC[Si](C)(C)N1C1CC=C(SC(=O)O)C1. The topological polar surface area (TPSA) is 40.5 Å². The summed E-state index contributed by atoms with van der Waals surface area (Å²) in [6.45, 7) is 9.93. The summed E-state index contributed by atoms with van der Waals surface area (Å²) in [7, 11) is -2.47. The fourth-order valence-electron chi connectivity index (χ4n) is 3.72. The second-order valence-electron chi connectivity index (χ2n) is 6.63. The molecular weight excluding hydrogens is 278 g/mol. The summed E-state index contributed by atoms with van der Waals surface area (Å²) in [5.74, 6) is 0. The highest BCUT2D eigenvalue weighted by Crippen LogP contribution is 2.43. The van der Waals surface area contributed by atoms with Crippen molar-refractivity contribution in [1.29, 1.82) is 0 Å². The first kappa shape index (κ1) is 14.4. The highest BCUT2D eigenvalue weighted by molar-refractivity contribution is 8.16. The van der Waals surface area contributed by atoms with Crippen molar-refractivity contribution < 1.29 is 9.90 Å². The molecule has 0 spiro atoms. The maximum Gasteiger partial charge on any atom is 0.369 e. The molecule has 2 rings (SSSR count). The molecule has 0 aromatic rings. The molecular formula is C12H23NO2SSi2. The van der Waals surface area contributed by atoms with E-state index in [0.717, 1.165) is 29.5 Å². The van der Waals surface area contributed by atoms with Crippen LogP contribution < -0.4 is 0 Å². The van der Waals surface area contributed by atoms with Gasteiger partial charge < -0.3 is 9.34 Å². The van der Waals surface area contributed by atoms with Crippen LogP contribution in [0.15, 0.2) is 11.0 Å². The zero-order chi connectivity index (χ0) is 13.6. The fourth-order valence-corrected chi connectivity index (χ4v) is 19.4. The highest BCUT2D eigenvalue weighted by atomic mass is 32.2. The van der Waals surface area contributed by atoms with Crippen LogP contribution in [0.3, 0.4) is 0 Å². The van der Waals surface area contributed by atoms with Crippen molar-refractivity contribution in [3.05, 3.63) is 11.0 Å². The second kappa shape index (κ2) is 4.81. The first-order valence-corrected chi connectivity index (χ1v) is 13.7. The van der Waals surface area contributed by atoms with E-state index in [-0.39, 0.29) is 0 Å². The van der Waals surface area contributed by atoms with E-state index in [1.54, 1.807) is 0 Å². The minimum absolute atomic E-state index is 0.595. The van der Waals surface area contributed by atoms with Gasteiger partial charge in [-0.25, -0.2) is 4.79 Å². The average molecular weight is 302 g/mol. The third kappa shape index (κ3) is 2.76. The van der Waals surface area contributed by atoms with E-state index in [4.69, 9.17) is 5.11 Å². The molecule has 1 fully saturated rings. The molecule has 0 saturated carbocycles. The van der Waals surface area contributed by atoms with Crippen molar-refractivity contribution in [2.75, 3.05) is 0 Å². The maximum absolute atomic E-state index is 10.8. The molecule has 1 heterocycles. The number of carbonyl (C=O) groups is 1. The smallest absolute Gasteiger partial charge is 0.369 e. The van der Waals surface area contributed by atoms with Gasteiger partial charge >= 0.3 is 5.30 Å². The molecule has 0 aromatic heterocycles. The molecule has 18 heavy (non-hydrogen) atoms. The van der Waals surface area contributed by atoms with Gasteiger partial charge in [0, 0.05) is 6.04 Å². The van der Waals surface area contributed by atoms with E-state index in [2.05, 4.69) is 36.5 Å². The van der Waals surface area contributed by atoms with Crippen LogP contribution in [0.5, 0.6) is 0 Å². The van der Waals surface area contributed by atoms with Crippen LogP contribution in [-0.2, 0) is 0 Å². The standard InChI is InChI=1S/C12H23NO2SSi2/c1-17(2)7-8-18(3,4)13(17)10-5-6-11(9-10)16-12(14)15/h6,10H,5,7-9H2,1-4H3,(H,14,15). The van der Waals surface area contributed by atoms with E-state index in [9.17, 15) is 4.79 Å². The van der Waals surface area contributed by atoms with E-state index in [1.165, 1.54) is 12.1 Å². The number of hydrogen-bond donors (Lipinski definition) is 1. The molecule has 1 aliphatic carbocycles. The molecule has 0 bridgehead atoms. The summed E-state index contributed by atoms with van der Waals surface area (Å²) >= 11 is 1.01. The molecule has 1 atom stereocenters. The molecule has 102 valence electrons. The minimum Gasteiger partial charge on any atom is -0.473 e. The highest BCUT2D eigenvalue weighted by Gasteiger charge is 2.50. The minimum atomic E-state index is -1.23. The van der Waals surface area contributed by atoms with Gasteiger partial charge in [-0.3, -0.25) is 0 Å². The first-order valence-electron chi connectivity index (χ1n) is 6.62. The van der Waals surface area contributed by atoms with Crippen molar-refractivity contribution in [3.8, 4) is 0 Å². The van der Waals surface area contributed by atoms with Crippen LogP contribution in [-0.4, -0.2) is 37.2 Å². The van der Waals surface area contributed by atoms with Crippen LogP contribution in [0.25, 0.3) is 0 Å². The lowest BCUT2D eigenvalue weighted by Crippen LogP contribution is -2.59. The molecule has 2 aliphatic rings. The third-order valence-electron chi connectivity index (χ3n) is 4.29. The number of carboxylic acid groups (broad SMARTS) is 1. The quantitative estimate of drug-likeness (QED) is 0.777. The predicted molar refractivity (Wildman–Crippen MR) is 83.1 cm³/mol. The molecule has 6 heteroatoms. The van der Waals surface area contributed by atoms with Gasteiger partial charge in [0.1, 0.15) is 16.5 Å². The van der Waals surface area contributed by atoms with Crippen molar-refractivity contribution in [1.82, 2.24) is 4.23 Å². The molecule has 1 aliphatic heterocycles. The van der Waals surface area contributed by atoms with Crippen LogP contribution in [0, 0.1) is 0 Å². The Labute approximate surface area is 116 Å². The van der Waals surface area contributed by atoms with Gasteiger partial charge in [-0.1, -0.05) is 32.3 Å². The Balaban J connectivity index is 2.08. The van der Waals surface area contributed by atoms with Crippen molar-refractivity contribution in [3.63, 3.8) is 0 Å². The summed E-state index contributed by atoms with van der Waals surface area (Å²) in [6, 6.07) is 3.44. The van der Waals surface area contributed by atoms with Crippen LogP contribution in [0.4, 0.5) is 4.79 Å². The molecule has 1 N–H and O–H groups in total. The molecule has 0 amide bonds. The van der Waals surface area contributed by atoms with Crippen molar-refractivity contribution in [2.45, 2.75) is 57.2 Å². The Hall–Kier alpha value is -0.0462. The van der Waals surface area contributed by atoms with Gasteiger partial charge in [0.2, 0.25) is 0 Å². The number of nitrogens with zero attached hydrogens (tertiary/aromatic N) is 1. The van der Waals surface area contributed by atoms with E-state index >= 15 is 0 Å². The van der Waals surface area contributed by atoms with Gasteiger partial charge in [-0.2, -0.15) is 0 Å². The van der Waals surface area contributed by atoms with E-state index < -0.39 is 21.8 Å². The van der Waals surface area contributed by atoms with E-state index in [0.29, 0.717) is 6.04 Å². The Morgan fingerprint density at radius 1 is 1.33 bits per heavy atom. The lowest BCUT2D eigenvalue weighted by Gasteiger charge is -2.43. The average Bonchev–Trinajstić information content (AvgIpc) is 2.69. The van der Waals surface area contributed by atoms with Crippen LogP contribution >= 0.6 is 11.8 Å². The molecule has 0 aromatic carbocycles. The van der Waals surface area contributed by atoms with Crippen LogP contribution in [0.1, 0.15) is 12.8 Å². The Morgan fingerprint density at radius 3 is 2.39 bits per heavy atom. The normalized spacial score (nSPS) is 30.4. The summed E-state index contributed by atoms with van der Waals surface area (Å²) in [5, 5.41) is 8.09. The number of hydrogen-bond acceptors (Lipinski definition) is 3. The van der Waals surface area contributed by atoms with Gasteiger partial charge in [0.15, 0.2) is 0 Å². The zero-order valence-corrected chi connectivity index (χ0v) is 14.5. The summed E-state index contributed by atoms with van der Waals surface area (Å²) < 4.78 is 2.89. The van der Waals surface area contributed by atoms with E-state index in [1.807, 2.05) is 0 Å². The van der Waals surface area contributed by atoms with Gasteiger partial charge in [0.25, 0.3) is 0 Å². The van der Waals surface area contributed by atoms with Gasteiger partial charge in [0.05, 0.1) is 0 Å². The first-order chi connectivity index (χ1) is 8.22. The zero-order valence-electron chi connectivity index (χ0n) is 11.7. The van der Waals surface area contributed by atoms with Crippen LogP contribution in [0.2, 0.25) is 38.3 Å². The molecule has 3 nitrogen and oxygen atoms in total. The number of rotatable bonds is 2. The molecule has 0 radical (unpaired) electrons. The summed E-state index contributed by atoms with van der Waals surface area (Å²) in [6.07, 6.45) is 4.17. The lowest BCUT2D eigenvalue weighted by molar-refractivity contribution is 0.222. The maximum atomic E-state index is 10.8. The van der Waals surface area contributed by atoms with Crippen molar-refractivity contribution >= 4 is 33.5 Å². The van der Waals surface area contributed by atoms with Crippen molar-refractivity contribution in [2.24, 2.45) is 0 Å². The largest absolute Gasteiger partial charge is 0.473 e. The van der Waals surface area contributed by atoms with Gasteiger partial charge in [-0.05, 0) is 41.6 Å². The monoisotopic (exact) mass is 301 g/mol. The number of thioether (sulfide) groups is 1. The second-order valence-corrected chi connectivity index (χ2v) is 17.4. The lowest BCUT2D eigenvalue weighted by atomic mass is 10.3. The third-order valence-corrected chi connectivity index (χ3v) is 15.5. The Kier molecular flexibility index (Phi) is 3.84. The van der Waals surface area contributed by atoms with Gasteiger partial charge in [-0.15, -0.1) is 0 Å². The summed E-state index contributed by atoms with van der Waals surface area (Å²) in [4.78, 5) is 11.8. The predicted octanol–water partition coefficient (Wildman–Crippen LogP) is 4.17. The fraction of sp³-hybridized carbons (Fsp3) is 0.750. The summed E-state index contributed by atoms with van der Waals surface area (Å²) in [5.41, 5.74) is 0. The molecule has 1 saturated heterocycles.